The number of benzene rings is 1. The summed E-state index contributed by atoms with van der Waals surface area (Å²) in [4.78, 5) is 0. The zero-order valence-corrected chi connectivity index (χ0v) is 13.2. The van der Waals surface area contributed by atoms with E-state index >= 15 is 0 Å². The van der Waals surface area contributed by atoms with Crippen molar-refractivity contribution in [1.82, 2.24) is 0 Å². The van der Waals surface area contributed by atoms with Crippen LogP contribution in [0, 0.1) is 18.8 Å². The van der Waals surface area contributed by atoms with Gasteiger partial charge in [-0.2, -0.15) is 0 Å². The van der Waals surface area contributed by atoms with Gasteiger partial charge in [0, 0.05) is 5.56 Å². The average Bonchev–Trinajstić information content (AvgIpc) is 2.44. The Hall–Kier alpha value is -1.55. The quantitative estimate of drug-likeness (QED) is 0.386. The SMILES string of the molecule is Cc1cc(/C(N)=N/O)ccc1COC1CC(C)CC(C)C1. The predicted octanol–water partition coefficient (Wildman–Crippen LogP) is 3.43. The molecule has 0 bridgehead atoms. The molecule has 1 aromatic rings. The maximum Gasteiger partial charge on any atom is 0.170 e. The van der Waals surface area contributed by atoms with Gasteiger partial charge in [0.2, 0.25) is 0 Å². The lowest BCUT2D eigenvalue weighted by atomic mass is 9.82. The third-order valence-corrected chi connectivity index (χ3v) is 4.36. The monoisotopic (exact) mass is 290 g/mol. The highest BCUT2D eigenvalue weighted by Gasteiger charge is 2.24. The van der Waals surface area contributed by atoms with Crippen molar-refractivity contribution < 1.29 is 9.94 Å². The normalized spacial score (nSPS) is 26.8. The van der Waals surface area contributed by atoms with Crippen LogP contribution in [0.2, 0.25) is 0 Å². The summed E-state index contributed by atoms with van der Waals surface area (Å²) in [6.45, 7) is 7.28. The zero-order chi connectivity index (χ0) is 15.4. The van der Waals surface area contributed by atoms with Crippen LogP contribution >= 0.6 is 0 Å². The molecule has 3 N–H and O–H groups in total. The molecule has 0 saturated heterocycles. The molecule has 0 aromatic heterocycles. The molecule has 1 saturated carbocycles. The molecule has 4 nitrogen and oxygen atoms in total. The molecule has 1 aromatic carbocycles. The van der Waals surface area contributed by atoms with Gasteiger partial charge in [-0.3, -0.25) is 0 Å². The van der Waals surface area contributed by atoms with Crippen molar-refractivity contribution in [2.45, 2.75) is 52.7 Å². The van der Waals surface area contributed by atoms with Gasteiger partial charge in [0.1, 0.15) is 0 Å². The van der Waals surface area contributed by atoms with E-state index < -0.39 is 0 Å². The number of oxime groups is 1. The first-order chi connectivity index (χ1) is 9.99. The summed E-state index contributed by atoms with van der Waals surface area (Å²) in [5, 5.41) is 11.7. The fraction of sp³-hybridized carbons (Fsp3) is 0.588. The van der Waals surface area contributed by atoms with Gasteiger partial charge in [-0.05, 0) is 55.2 Å². The molecule has 1 fully saturated rings. The minimum absolute atomic E-state index is 0.139. The van der Waals surface area contributed by atoms with Crippen molar-refractivity contribution in [3.63, 3.8) is 0 Å². The van der Waals surface area contributed by atoms with Gasteiger partial charge in [0.25, 0.3) is 0 Å². The Balaban J connectivity index is 1.97. The van der Waals surface area contributed by atoms with Crippen LogP contribution in [0.5, 0.6) is 0 Å². The lowest BCUT2D eigenvalue weighted by Gasteiger charge is -2.31. The van der Waals surface area contributed by atoms with Crippen LogP contribution in [-0.4, -0.2) is 17.1 Å². The number of hydrogen-bond donors (Lipinski definition) is 2. The largest absolute Gasteiger partial charge is 0.409 e. The first kappa shape index (κ1) is 15.8. The highest BCUT2D eigenvalue weighted by molar-refractivity contribution is 5.97. The molecular formula is C17H26N2O2. The van der Waals surface area contributed by atoms with Gasteiger partial charge < -0.3 is 15.7 Å². The molecule has 4 heteroatoms. The van der Waals surface area contributed by atoms with E-state index in [0.717, 1.165) is 41.4 Å². The number of amidine groups is 1. The Kier molecular flexibility index (Phi) is 5.23. The minimum atomic E-state index is 0.139. The van der Waals surface area contributed by atoms with Crippen molar-refractivity contribution in [3.05, 3.63) is 34.9 Å². The van der Waals surface area contributed by atoms with E-state index in [2.05, 4.69) is 19.0 Å². The molecule has 2 atom stereocenters. The van der Waals surface area contributed by atoms with Crippen LogP contribution in [0.25, 0.3) is 0 Å². The van der Waals surface area contributed by atoms with E-state index in [0.29, 0.717) is 12.7 Å². The van der Waals surface area contributed by atoms with Crippen molar-refractivity contribution in [3.8, 4) is 0 Å². The third-order valence-electron chi connectivity index (χ3n) is 4.36. The molecule has 0 amide bonds. The molecule has 21 heavy (non-hydrogen) atoms. The highest BCUT2D eigenvalue weighted by Crippen LogP contribution is 2.31. The van der Waals surface area contributed by atoms with E-state index in [4.69, 9.17) is 15.7 Å². The predicted molar refractivity (Wildman–Crippen MR) is 84.4 cm³/mol. The maximum atomic E-state index is 8.71. The molecule has 2 rings (SSSR count). The Morgan fingerprint density at radius 2 is 1.95 bits per heavy atom. The van der Waals surface area contributed by atoms with E-state index in [9.17, 15) is 0 Å². The van der Waals surface area contributed by atoms with Gasteiger partial charge in [0.15, 0.2) is 5.84 Å². The van der Waals surface area contributed by atoms with E-state index in [-0.39, 0.29) is 5.84 Å². The second-order valence-electron chi connectivity index (χ2n) is 6.48. The fourth-order valence-corrected chi connectivity index (χ4v) is 3.29. The fourth-order valence-electron chi connectivity index (χ4n) is 3.29. The second kappa shape index (κ2) is 6.94. The summed E-state index contributed by atoms with van der Waals surface area (Å²) in [5.41, 5.74) is 8.61. The number of hydrogen-bond acceptors (Lipinski definition) is 3. The van der Waals surface area contributed by atoms with Crippen LogP contribution in [0.3, 0.4) is 0 Å². The summed E-state index contributed by atoms with van der Waals surface area (Å²) in [6, 6.07) is 5.80. The molecule has 0 heterocycles. The van der Waals surface area contributed by atoms with Gasteiger partial charge in [0.05, 0.1) is 12.7 Å². The van der Waals surface area contributed by atoms with Crippen molar-refractivity contribution in [2.75, 3.05) is 0 Å². The van der Waals surface area contributed by atoms with Crippen LogP contribution in [0.4, 0.5) is 0 Å². The number of ether oxygens (including phenoxy) is 1. The first-order valence-electron chi connectivity index (χ1n) is 7.68. The highest BCUT2D eigenvalue weighted by atomic mass is 16.5. The maximum absolute atomic E-state index is 8.71. The van der Waals surface area contributed by atoms with E-state index in [1.54, 1.807) is 0 Å². The van der Waals surface area contributed by atoms with Crippen LogP contribution in [-0.2, 0) is 11.3 Å². The molecular weight excluding hydrogens is 264 g/mol. The molecule has 0 spiro atoms. The first-order valence-corrected chi connectivity index (χ1v) is 7.68. The van der Waals surface area contributed by atoms with Crippen molar-refractivity contribution in [2.24, 2.45) is 22.7 Å². The van der Waals surface area contributed by atoms with Gasteiger partial charge in [-0.25, -0.2) is 0 Å². The van der Waals surface area contributed by atoms with Crippen LogP contribution < -0.4 is 5.73 Å². The van der Waals surface area contributed by atoms with Crippen molar-refractivity contribution in [1.29, 1.82) is 0 Å². The molecule has 0 radical (unpaired) electrons. The summed E-state index contributed by atoms with van der Waals surface area (Å²) in [5.74, 6) is 1.64. The molecule has 1 aliphatic carbocycles. The smallest absolute Gasteiger partial charge is 0.170 e. The Morgan fingerprint density at radius 1 is 1.29 bits per heavy atom. The average molecular weight is 290 g/mol. The van der Waals surface area contributed by atoms with Gasteiger partial charge in [-0.15, -0.1) is 0 Å². The minimum Gasteiger partial charge on any atom is -0.409 e. The number of aryl methyl sites for hydroxylation is 1. The summed E-state index contributed by atoms with van der Waals surface area (Å²) in [7, 11) is 0. The van der Waals surface area contributed by atoms with Crippen LogP contribution in [0.1, 0.15) is 49.8 Å². The molecule has 116 valence electrons. The van der Waals surface area contributed by atoms with E-state index in [1.165, 1.54) is 6.42 Å². The lowest BCUT2D eigenvalue weighted by Crippen LogP contribution is -2.26. The summed E-state index contributed by atoms with van der Waals surface area (Å²) < 4.78 is 6.11. The Labute approximate surface area is 127 Å². The van der Waals surface area contributed by atoms with Crippen LogP contribution in [0.15, 0.2) is 23.4 Å². The number of nitrogens with two attached hydrogens (primary N) is 1. The van der Waals surface area contributed by atoms with Gasteiger partial charge >= 0.3 is 0 Å². The number of rotatable bonds is 4. The Morgan fingerprint density at radius 3 is 2.52 bits per heavy atom. The standard InChI is InChI=1S/C17H26N2O2/c1-11-6-12(2)8-16(7-11)21-10-15-5-4-14(9-13(15)3)17(18)19-20/h4-5,9,11-12,16,20H,6-8,10H2,1-3H3,(H2,18,19). The molecule has 1 aliphatic rings. The summed E-state index contributed by atoms with van der Waals surface area (Å²) >= 11 is 0. The van der Waals surface area contributed by atoms with E-state index in [1.807, 2.05) is 25.1 Å². The summed E-state index contributed by atoms with van der Waals surface area (Å²) in [6.07, 6.45) is 4.00. The lowest BCUT2D eigenvalue weighted by molar-refractivity contribution is -0.00933. The molecule has 2 unspecified atom stereocenters. The third kappa shape index (κ3) is 4.21. The topological polar surface area (TPSA) is 67.8 Å². The second-order valence-corrected chi connectivity index (χ2v) is 6.48. The number of nitrogens with zero attached hydrogens (tertiary/aromatic N) is 1. The molecule has 0 aliphatic heterocycles. The van der Waals surface area contributed by atoms with Gasteiger partial charge in [-0.1, -0.05) is 31.1 Å². The zero-order valence-electron chi connectivity index (χ0n) is 13.2. The Bertz CT molecular complexity index is 504. The van der Waals surface area contributed by atoms with Crippen molar-refractivity contribution >= 4 is 5.84 Å².